The van der Waals surface area contributed by atoms with Crippen molar-refractivity contribution in [2.75, 3.05) is 0 Å². The summed E-state index contributed by atoms with van der Waals surface area (Å²) < 4.78 is 42.1. The molecule has 1 aromatic carbocycles. The summed E-state index contributed by atoms with van der Waals surface area (Å²) in [7, 11) is 1.64. The largest absolute Gasteiger partial charge is 0.573 e. The lowest BCUT2D eigenvalue weighted by atomic mass is 10.1. The Morgan fingerprint density at radius 3 is 2.52 bits per heavy atom. The standard InChI is InChI=1S/C19H18F3N5O2/c1-11(13-4-6-14(7-5-13)29-19(20,21)22)25-18(28)17-15(10-24-27(17)3)16-8-9-23-12(2)26-16/h4-11H,1-3H3,(H,25,28). The second kappa shape index (κ2) is 7.90. The quantitative estimate of drug-likeness (QED) is 0.702. The van der Waals surface area contributed by atoms with Gasteiger partial charge in [0.25, 0.3) is 5.91 Å². The Balaban J connectivity index is 1.78. The van der Waals surface area contributed by atoms with Crippen molar-refractivity contribution in [1.82, 2.24) is 25.1 Å². The molecule has 10 heteroatoms. The molecule has 0 spiro atoms. The van der Waals surface area contributed by atoms with E-state index in [1.54, 1.807) is 39.4 Å². The van der Waals surface area contributed by atoms with Gasteiger partial charge in [-0.15, -0.1) is 13.2 Å². The Kier molecular flexibility index (Phi) is 5.53. The smallest absolute Gasteiger partial charge is 0.406 e. The minimum atomic E-state index is -4.75. The van der Waals surface area contributed by atoms with Crippen LogP contribution in [-0.2, 0) is 7.05 Å². The summed E-state index contributed by atoms with van der Waals surface area (Å²) in [4.78, 5) is 21.2. The molecule has 152 valence electrons. The molecular weight excluding hydrogens is 387 g/mol. The highest BCUT2D eigenvalue weighted by Crippen LogP contribution is 2.25. The van der Waals surface area contributed by atoms with Crippen LogP contribution in [0.2, 0.25) is 0 Å². The number of benzene rings is 1. The first-order chi connectivity index (χ1) is 13.6. The number of nitrogens with zero attached hydrogens (tertiary/aromatic N) is 4. The third-order valence-electron chi connectivity index (χ3n) is 4.17. The highest BCUT2D eigenvalue weighted by atomic mass is 19.4. The molecule has 0 saturated heterocycles. The maximum absolute atomic E-state index is 12.9. The van der Waals surface area contributed by atoms with Crippen LogP contribution < -0.4 is 10.1 Å². The molecule has 1 unspecified atom stereocenters. The Hall–Kier alpha value is -3.43. The summed E-state index contributed by atoms with van der Waals surface area (Å²) >= 11 is 0. The normalized spacial score (nSPS) is 12.5. The van der Waals surface area contributed by atoms with E-state index in [9.17, 15) is 18.0 Å². The fourth-order valence-electron chi connectivity index (χ4n) is 2.81. The SMILES string of the molecule is Cc1nccc(-c2cnn(C)c2C(=O)NC(C)c2ccc(OC(F)(F)F)cc2)n1. The van der Waals surface area contributed by atoms with Gasteiger partial charge in [0.1, 0.15) is 17.3 Å². The van der Waals surface area contributed by atoms with E-state index in [1.165, 1.54) is 28.9 Å². The molecule has 0 saturated carbocycles. The third-order valence-corrected chi connectivity index (χ3v) is 4.17. The molecular formula is C19H18F3N5O2. The summed E-state index contributed by atoms with van der Waals surface area (Å²) in [6, 6.07) is 6.55. The van der Waals surface area contributed by atoms with E-state index < -0.39 is 12.4 Å². The maximum Gasteiger partial charge on any atom is 0.573 e. The van der Waals surface area contributed by atoms with E-state index in [2.05, 4.69) is 25.1 Å². The lowest BCUT2D eigenvalue weighted by Crippen LogP contribution is -2.29. The van der Waals surface area contributed by atoms with E-state index in [0.717, 1.165) is 0 Å². The van der Waals surface area contributed by atoms with Crippen molar-refractivity contribution in [2.45, 2.75) is 26.3 Å². The number of amides is 1. The molecule has 0 aliphatic heterocycles. The molecule has 1 N–H and O–H groups in total. The van der Waals surface area contributed by atoms with Gasteiger partial charge < -0.3 is 10.1 Å². The second-order valence-electron chi connectivity index (χ2n) is 6.33. The first-order valence-corrected chi connectivity index (χ1v) is 8.62. The van der Waals surface area contributed by atoms with Crippen molar-refractivity contribution >= 4 is 5.91 Å². The number of alkyl halides is 3. The average molecular weight is 405 g/mol. The molecule has 3 rings (SSSR count). The Morgan fingerprint density at radius 2 is 1.90 bits per heavy atom. The molecule has 29 heavy (non-hydrogen) atoms. The maximum atomic E-state index is 12.9. The van der Waals surface area contributed by atoms with Crippen LogP contribution in [0.15, 0.2) is 42.7 Å². The van der Waals surface area contributed by atoms with E-state index in [1.807, 2.05) is 0 Å². The van der Waals surface area contributed by atoms with Crippen molar-refractivity contribution in [2.24, 2.45) is 7.05 Å². The van der Waals surface area contributed by atoms with Crippen molar-refractivity contribution in [3.05, 3.63) is 59.8 Å². The topological polar surface area (TPSA) is 81.9 Å². The summed E-state index contributed by atoms with van der Waals surface area (Å²) in [6.45, 7) is 3.47. The lowest BCUT2D eigenvalue weighted by molar-refractivity contribution is -0.274. The Bertz CT molecular complexity index is 1020. The summed E-state index contributed by atoms with van der Waals surface area (Å²) in [6.07, 6.45) is -1.61. The number of nitrogens with one attached hydrogen (secondary N) is 1. The molecule has 0 bridgehead atoms. The second-order valence-corrected chi connectivity index (χ2v) is 6.33. The number of aryl methyl sites for hydroxylation is 2. The molecule has 0 fully saturated rings. The number of hydrogen-bond donors (Lipinski definition) is 1. The minimum Gasteiger partial charge on any atom is -0.406 e. The first-order valence-electron chi connectivity index (χ1n) is 8.62. The molecule has 0 aliphatic carbocycles. The van der Waals surface area contributed by atoms with Crippen LogP contribution in [-0.4, -0.2) is 32.0 Å². The predicted molar refractivity (Wildman–Crippen MR) is 98.0 cm³/mol. The zero-order valence-corrected chi connectivity index (χ0v) is 15.9. The molecule has 0 radical (unpaired) electrons. The van der Waals surface area contributed by atoms with Crippen LogP contribution >= 0.6 is 0 Å². The number of carbonyl (C=O) groups is 1. The zero-order chi connectivity index (χ0) is 21.2. The van der Waals surface area contributed by atoms with Gasteiger partial charge in [0.05, 0.1) is 23.5 Å². The average Bonchev–Trinajstić information content (AvgIpc) is 3.02. The van der Waals surface area contributed by atoms with Gasteiger partial charge in [0.2, 0.25) is 0 Å². The summed E-state index contributed by atoms with van der Waals surface area (Å²) in [5, 5.41) is 6.97. The highest BCUT2D eigenvalue weighted by Gasteiger charge is 2.31. The number of aromatic nitrogens is 4. The van der Waals surface area contributed by atoms with Gasteiger partial charge in [-0.3, -0.25) is 9.48 Å². The Labute approximate surface area is 164 Å². The molecule has 0 aliphatic rings. The monoisotopic (exact) mass is 405 g/mol. The van der Waals surface area contributed by atoms with E-state index in [0.29, 0.717) is 28.3 Å². The van der Waals surface area contributed by atoms with E-state index >= 15 is 0 Å². The summed E-state index contributed by atoms with van der Waals surface area (Å²) in [5.41, 5.74) is 2.05. The molecule has 3 aromatic rings. The van der Waals surface area contributed by atoms with Gasteiger partial charge in [-0.2, -0.15) is 5.10 Å². The van der Waals surface area contributed by atoms with Gasteiger partial charge in [-0.1, -0.05) is 12.1 Å². The zero-order valence-electron chi connectivity index (χ0n) is 15.9. The van der Waals surface area contributed by atoms with Crippen molar-refractivity contribution in [1.29, 1.82) is 0 Å². The molecule has 7 nitrogen and oxygen atoms in total. The van der Waals surface area contributed by atoms with Crippen LogP contribution in [0.3, 0.4) is 0 Å². The highest BCUT2D eigenvalue weighted by molar-refractivity contribution is 5.98. The number of ether oxygens (including phenoxy) is 1. The first kappa shape index (κ1) is 20.3. The van der Waals surface area contributed by atoms with Crippen LogP contribution in [0, 0.1) is 6.92 Å². The van der Waals surface area contributed by atoms with Gasteiger partial charge in [0.15, 0.2) is 0 Å². The third kappa shape index (κ3) is 4.89. The van der Waals surface area contributed by atoms with E-state index in [4.69, 9.17) is 0 Å². The molecule has 2 heterocycles. The number of carbonyl (C=O) groups excluding carboxylic acids is 1. The van der Waals surface area contributed by atoms with Crippen LogP contribution in [0.5, 0.6) is 5.75 Å². The van der Waals surface area contributed by atoms with Crippen LogP contribution in [0.1, 0.15) is 34.8 Å². The molecule has 1 atom stereocenters. The van der Waals surface area contributed by atoms with Gasteiger partial charge in [-0.05, 0) is 37.6 Å². The minimum absolute atomic E-state index is 0.312. The molecule has 1 amide bonds. The van der Waals surface area contributed by atoms with E-state index in [-0.39, 0.29) is 11.7 Å². The van der Waals surface area contributed by atoms with Crippen molar-refractivity contribution in [3.8, 4) is 17.0 Å². The number of hydrogen-bond acceptors (Lipinski definition) is 5. The predicted octanol–water partition coefficient (Wildman–Crippen LogP) is 3.58. The van der Waals surface area contributed by atoms with Crippen molar-refractivity contribution in [3.63, 3.8) is 0 Å². The fraction of sp³-hybridized carbons (Fsp3) is 0.263. The van der Waals surface area contributed by atoms with Crippen LogP contribution in [0.4, 0.5) is 13.2 Å². The van der Waals surface area contributed by atoms with Crippen molar-refractivity contribution < 1.29 is 22.7 Å². The van der Waals surface area contributed by atoms with Gasteiger partial charge in [0, 0.05) is 13.2 Å². The van der Waals surface area contributed by atoms with Gasteiger partial charge in [-0.25, -0.2) is 9.97 Å². The number of halogens is 3. The van der Waals surface area contributed by atoms with Gasteiger partial charge >= 0.3 is 6.36 Å². The summed E-state index contributed by atoms with van der Waals surface area (Å²) in [5.74, 6) is -0.153. The Morgan fingerprint density at radius 1 is 1.21 bits per heavy atom. The van der Waals surface area contributed by atoms with Crippen LogP contribution in [0.25, 0.3) is 11.3 Å². The fourth-order valence-corrected chi connectivity index (χ4v) is 2.81. The lowest BCUT2D eigenvalue weighted by Gasteiger charge is -2.16. The number of rotatable bonds is 5. The molecule has 2 aromatic heterocycles.